The number of carbonyl (C=O) groups excluding carboxylic acids is 2. The summed E-state index contributed by atoms with van der Waals surface area (Å²) < 4.78 is 80.1. The second kappa shape index (κ2) is 12.0. The number of benzene rings is 2. The number of carbonyl (C=O) groups is 2. The highest BCUT2D eigenvalue weighted by atomic mass is 32.2. The van der Waals surface area contributed by atoms with Crippen LogP contribution in [0.4, 0.5) is 23.7 Å². The average molecular weight is 649 g/mol. The Bertz CT molecular complexity index is 1680. The number of para-hydroxylation sites is 1. The van der Waals surface area contributed by atoms with E-state index in [1.165, 1.54) is 42.5 Å². The van der Waals surface area contributed by atoms with Crippen molar-refractivity contribution < 1.29 is 45.2 Å². The molecule has 11 nitrogen and oxygen atoms in total. The summed E-state index contributed by atoms with van der Waals surface area (Å²) in [5.41, 5.74) is 1.62. The van der Waals surface area contributed by atoms with Crippen LogP contribution < -0.4 is 14.8 Å². The summed E-state index contributed by atoms with van der Waals surface area (Å²) in [4.78, 5) is 27.1. The fourth-order valence-corrected chi connectivity index (χ4v) is 6.59. The number of piperidine rings is 1. The standard InChI is InChI=1S/C30H31F3N4O7S/c1-45(40,41)36-28(38)18-8-10-19(11-9-18)34-29(39)37-20-12-13-21(37)15-22(14-20)42-16-24-26(35-44-27(24)17-6-7-17)23-4-2-3-5-25(23)43-30(31,32)33/h2-5,8-11,17,20-22H,6-7,12-16H2,1H3,(H,34,39)(H,36,38). The first-order valence-electron chi connectivity index (χ1n) is 14.5. The lowest BCUT2D eigenvalue weighted by Gasteiger charge is -2.38. The number of fused-ring (bicyclic) bond motifs is 2. The molecule has 3 heterocycles. The molecule has 2 atom stereocenters. The first kappa shape index (κ1) is 30.9. The van der Waals surface area contributed by atoms with E-state index in [9.17, 15) is 31.2 Å². The van der Waals surface area contributed by atoms with Gasteiger partial charge in [-0.15, -0.1) is 13.2 Å². The van der Waals surface area contributed by atoms with Crippen LogP contribution in [0.2, 0.25) is 0 Å². The number of urea groups is 1. The molecule has 2 aliphatic heterocycles. The van der Waals surface area contributed by atoms with Gasteiger partial charge in [-0.2, -0.15) is 0 Å². The number of rotatable bonds is 9. The maximum atomic E-state index is 13.2. The summed E-state index contributed by atoms with van der Waals surface area (Å²) in [6, 6.07) is 11.3. The maximum absolute atomic E-state index is 13.2. The van der Waals surface area contributed by atoms with E-state index < -0.39 is 22.3 Å². The van der Waals surface area contributed by atoms with Gasteiger partial charge in [0.15, 0.2) is 0 Å². The Kier molecular flexibility index (Phi) is 8.24. The first-order chi connectivity index (χ1) is 21.3. The van der Waals surface area contributed by atoms with E-state index in [1.807, 2.05) is 9.62 Å². The number of amides is 3. The van der Waals surface area contributed by atoms with E-state index in [2.05, 4.69) is 15.2 Å². The molecule has 45 heavy (non-hydrogen) atoms. The smallest absolute Gasteiger partial charge is 0.405 e. The topological polar surface area (TPSA) is 140 Å². The average Bonchev–Trinajstić information content (AvgIpc) is 3.66. The lowest BCUT2D eigenvalue weighted by Crippen LogP contribution is -2.50. The molecule has 3 aliphatic rings. The largest absolute Gasteiger partial charge is 0.573 e. The molecular weight excluding hydrogens is 617 g/mol. The second-order valence-corrected chi connectivity index (χ2v) is 13.3. The van der Waals surface area contributed by atoms with Gasteiger partial charge in [-0.05, 0) is 74.9 Å². The Labute approximate surface area is 257 Å². The summed E-state index contributed by atoms with van der Waals surface area (Å²) in [7, 11) is -3.70. The molecule has 2 N–H and O–H groups in total. The van der Waals surface area contributed by atoms with Crippen LogP contribution in [0, 0.1) is 0 Å². The predicted octanol–water partition coefficient (Wildman–Crippen LogP) is 5.55. The molecule has 1 saturated carbocycles. The molecule has 3 fully saturated rings. The van der Waals surface area contributed by atoms with E-state index in [0.717, 1.165) is 31.9 Å². The SMILES string of the molecule is CS(=O)(=O)NC(=O)c1ccc(NC(=O)N2C3CCC2CC(OCc2c(-c4ccccc4OC(F)(F)F)noc2C2CC2)C3)cc1. The maximum Gasteiger partial charge on any atom is 0.573 e. The van der Waals surface area contributed by atoms with E-state index in [-0.39, 0.29) is 59.3 Å². The van der Waals surface area contributed by atoms with Gasteiger partial charge in [0.2, 0.25) is 10.0 Å². The summed E-state index contributed by atoms with van der Waals surface area (Å²) in [6.07, 6.45) is 0.408. The van der Waals surface area contributed by atoms with Crippen LogP contribution in [0.3, 0.4) is 0 Å². The van der Waals surface area contributed by atoms with Gasteiger partial charge in [0.1, 0.15) is 17.2 Å². The summed E-state index contributed by atoms with van der Waals surface area (Å²) in [5, 5.41) is 6.99. The van der Waals surface area contributed by atoms with Crippen molar-refractivity contribution in [3.8, 4) is 17.0 Å². The number of halogens is 3. The fraction of sp³-hybridized carbons (Fsp3) is 0.433. The van der Waals surface area contributed by atoms with Crippen LogP contribution in [-0.4, -0.2) is 61.2 Å². The van der Waals surface area contributed by atoms with Gasteiger partial charge in [-0.25, -0.2) is 17.9 Å². The number of hydrogen-bond donors (Lipinski definition) is 2. The molecule has 2 saturated heterocycles. The highest BCUT2D eigenvalue weighted by Crippen LogP contribution is 2.46. The number of aromatic nitrogens is 1. The van der Waals surface area contributed by atoms with Crippen molar-refractivity contribution in [1.82, 2.24) is 14.8 Å². The Hall–Kier alpha value is -4.11. The third-order valence-electron chi connectivity index (χ3n) is 8.20. The van der Waals surface area contributed by atoms with Gasteiger partial charge in [0, 0.05) is 40.4 Å². The lowest BCUT2D eigenvalue weighted by atomic mass is 9.99. The Balaban J connectivity index is 1.10. The molecule has 0 spiro atoms. The van der Waals surface area contributed by atoms with E-state index in [4.69, 9.17) is 9.26 Å². The monoisotopic (exact) mass is 648 g/mol. The van der Waals surface area contributed by atoms with Crippen molar-refractivity contribution in [2.45, 2.75) is 75.6 Å². The van der Waals surface area contributed by atoms with E-state index >= 15 is 0 Å². The molecule has 2 bridgehead atoms. The summed E-state index contributed by atoms with van der Waals surface area (Å²) in [5.74, 6) is -0.375. The zero-order chi connectivity index (χ0) is 31.9. The first-order valence-corrected chi connectivity index (χ1v) is 16.4. The third kappa shape index (κ3) is 7.25. The van der Waals surface area contributed by atoms with Crippen molar-refractivity contribution in [1.29, 1.82) is 0 Å². The van der Waals surface area contributed by atoms with Gasteiger partial charge in [0.05, 0.1) is 19.0 Å². The molecule has 15 heteroatoms. The van der Waals surface area contributed by atoms with Crippen LogP contribution in [0.25, 0.3) is 11.3 Å². The minimum atomic E-state index is -4.87. The highest BCUT2D eigenvalue weighted by Gasteiger charge is 2.44. The fourth-order valence-electron chi connectivity index (χ4n) is 6.13. The molecule has 240 valence electrons. The molecule has 2 aromatic carbocycles. The number of sulfonamides is 1. The van der Waals surface area contributed by atoms with Gasteiger partial charge in [0.25, 0.3) is 5.91 Å². The van der Waals surface area contributed by atoms with Crippen LogP contribution in [0.15, 0.2) is 53.1 Å². The minimum Gasteiger partial charge on any atom is -0.405 e. The molecule has 0 radical (unpaired) electrons. The van der Waals surface area contributed by atoms with Crippen LogP contribution >= 0.6 is 0 Å². The lowest BCUT2D eigenvalue weighted by molar-refractivity contribution is -0.274. The summed E-state index contributed by atoms with van der Waals surface area (Å²) in [6.45, 7) is 0.0978. The predicted molar refractivity (Wildman–Crippen MR) is 155 cm³/mol. The second-order valence-electron chi connectivity index (χ2n) is 11.6. The van der Waals surface area contributed by atoms with Crippen LogP contribution in [-0.2, 0) is 21.4 Å². The van der Waals surface area contributed by atoms with Gasteiger partial charge in [-0.1, -0.05) is 17.3 Å². The Morgan fingerprint density at radius 2 is 1.69 bits per heavy atom. The zero-order valence-corrected chi connectivity index (χ0v) is 25.0. The van der Waals surface area contributed by atoms with Crippen molar-refractivity contribution in [2.24, 2.45) is 0 Å². The zero-order valence-electron chi connectivity index (χ0n) is 24.2. The third-order valence-corrected chi connectivity index (χ3v) is 8.75. The summed E-state index contributed by atoms with van der Waals surface area (Å²) >= 11 is 0. The van der Waals surface area contributed by atoms with E-state index in [1.54, 1.807) is 6.07 Å². The van der Waals surface area contributed by atoms with Crippen molar-refractivity contribution in [3.05, 3.63) is 65.4 Å². The van der Waals surface area contributed by atoms with Gasteiger partial charge in [-0.3, -0.25) is 4.79 Å². The Morgan fingerprint density at radius 3 is 2.31 bits per heavy atom. The highest BCUT2D eigenvalue weighted by molar-refractivity contribution is 7.89. The van der Waals surface area contributed by atoms with Crippen molar-refractivity contribution >= 4 is 27.6 Å². The normalized spacial score (nSPS) is 21.4. The number of hydrogen-bond acceptors (Lipinski definition) is 8. The molecule has 1 aliphatic carbocycles. The van der Waals surface area contributed by atoms with E-state index in [0.29, 0.717) is 29.9 Å². The van der Waals surface area contributed by atoms with Crippen LogP contribution in [0.5, 0.6) is 5.75 Å². The molecule has 1 aromatic heterocycles. The molecule has 3 aromatic rings. The number of nitrogens with zero attached hydrogens (tertiary/aromatic N) is 2. The molecule has 3 amide bonds. The Morgan fingerprint density at radius 1 is 1.02 bits per heavy atom. The van der Waals surface area contributed by atoms with Crippen molar-refractivity contribution in [3.63, 3.8) is 0 Å². The van der Waals surface area contributed by atoms with Gasteiger partial charge < -0.3 is 24.2 Å². The molecule has 2 unspecified atom stereocenters. The quantitative estimate of drug-likeness (QED) is 0.308. The number of nitrogens with one attached hydrogen (secondary N) is 2. The minimum absolute atomic E-state index is 0.0701. The molecular formula is C30H31F3N4O7S. The number of alkyl halides is 3. The number of ether oxygens (including phenoxy) is 2. The van der Waals surface area contributed by atoms with Gasteiger partial charge >= 0.3 is 12.4 Å². The van der Waals surface area contributed by atoms with Crippen LogP contribution in [0.1, 0.15) is 66.1 Å². The number of anilines is 1. The van der Waals surface area contributed by atoms with Crippen molar-refractivity contribution in [2.75, 3.05) is 11.6 Å². The molecule has 6 rings (SSSR count).